The number of halogens is 2. The van der Waals surface area contributed by atoms with Gasteiger partial charge >= 0.3 is 0 Å². The molecule has 0 aromatic heterocycles. The van der Waals surface area contributed by atoms with E-state index in [4.69, 9.17) is 0 Å². The molecular weight excluding hydrogens is 368 g/mol. The summed E-state index contributed by atoms with van der Waals surface area (Å²) in [5.41, 5.74) is 0. The summed E-state index contributed by atoms with van der Waals surface area (Å²) < 4.78 is 26.0. The lowest BCUT2D eigenvalue weighted by Gasteiger charge is -2.06. The van der Waals surface area contributed by atoms with E-state index in [2.05, 4.69) is 31.9 Å². The monoisotopic (exact) mass is 374 g/mol. The molecule has 5 heteroatoms. The quantitative estimate of drug-likeness (QED) is 0.793. The molecule has 0 fully saturated rings. The Balaban J connectivity index is 2.61. The molecule has 17 heavy (non-hydrogen) atoms. The second kappa shape index (κ2) is 4.92. The Bertz CT molecular complexity index is 637. The summed E-state index contributed by atoms with van der Waals surface area (Å²) in [4.78, 5) is 0.565. The van der Waals surface area contributed by atoms with E-state index in [9.17, 15) is 8.42 Å². The van der Waals surface area contributed by atoms with E-state index in [0.29, 0.717) is 9.37 Å². The van der Waals surface area contributed by atoms with E-state index in [1.54, 1.807) is 48.5 Å². The molecule has 0 N–H and O–H groups in total. The van der Waals surface area contributed by atoms with Gasteiger partial charge in [-0.15, -0.1) is 0 Å². The van der Waals surface area contributed by atoms with Crippen molar-refractivity contribution in [3.05, 3.63) is 57.5 Å². The lowest BCUT2D eigenvalue weighted by Crippen LogP contribution is -2.02. The Morgan fingerprint density at radius 3 is 2.12 bits per heavy atom. The number of sulfone groups is 1. The molecule has 2 aromatic carbocycles. The summed E-state index contributed by atoms with van der Waals surface area (Å²) in [7, 11) is -3.45. The fourth-order valence-corrected chi connectivity index (χ4v) is 4.44. The van der Waals surface area contributed by atoms with Crippen LogP contribution < -0.4 is 0 Å². The number of hydrogen-bond acceptors (Lipinski definition) is 2. The van der Waals surface area contributed by atoms with Crippen molar-refractivity contribution >= 4 is 41.7 Å². The first-order valence-corrected chi connectivity index (χ1v) is 7.84. The van der Waals surface area contributed by atoms with Gasteiger partial charge in [-0.05, 0) is 46.3 Å². The molecule has 0 saturated carbocycles. The molecule has 2 nitrogen and oxygen atoms in total. The van der Waals surface area contributed by atoms with Crippen LogP contribution in [0.5, 0.6) is 0 Å². The van der Waals surface area contributed by atoms with Gasteiger partial charge in [0.15, 0.2) is 0 Å². The van der Waals surface area contributed by atoms with Crippen LogP contribution in [0.3, 0.4) is 0 Å². The average Bonchev–Trinajstić information content (AvgIpc) is 2.29. The Labute approximate surface area is 117 Å². The van der Waals surface area contributed by atoms with Crippen LogP contribution >= 0.6 is 31.9 Å². The van der Waals surface area contributed by atoms with E-state index in [0.717, 1.165) is 4.47 Å². The molecule has 0 atom stereocenters. The zero-order valence-corrected chi connectivity index (χ0v) is 12.6. The van der Waals surface area contributed by atoms with Crippen molar-refractivity contribution in [3.8, 4) is 0 Å². The molecule has 0 bridgehead atoms. The molecule has 0 heterocycles. The Hall–Kier alpha value is -0.650. The van der Waals surface area contributed by atoms with Crippen molar-refractivity contribution in [3.63, 3.8) is 0 Å². The standard InChI is InChI=1S/C12H8Br2O2S/c13-9-6-7-12(11(14)8-9)17(15,16)10-4-2-1-3-5-10/h1-8H. The molecule has 0 spiro atoms. The summed E-state index contributed by atoms with van der Waals surface area (Å²) in [6, 6.07) is 13.4. The van der Waals surface area contributed by atoms with Crippen molar-refractivity contribution < 1.29 is 8.42 Å². The van der Waals surface area contributed by atoms with Crippen LogP contribution in [0.25, 0.3) is 0 Å². The van der Waals surface area contributed by atoms with E-state index in [1.165, 1.54) is 0 Å². The molecule has 0 aliphatic carbocycles. The van der Waals surface area contributed by atoms with Gasteiger partial charge in [-0.2, -0.15) is 0 Å². The summed E-state index contributed by atoms with van der Waals surface area (Å²) >= 11 is 6.57. The van der Waals surface area contributed by atoms with Crippen LogP contribution in [0.4, 0.5) is 0 Å². The predicted molar refractivity (Wildman–Crippen MR) is 73.7 cm³/mol. The highest BCUT2D eigenvalue weighted by atomic mass is 79.9. The predicted octanol–water partition coefficient (Wildman–Crippen LogP) is 4.04. The highest BCUT2D eigenvalue weighted by Crippen LogP contribution is 2.29. The summed E-state index contributed by atoms with van der Waals surface area (Å²) in [5, 5.41) is 0. The first kappa shape index (κ1) is 12.8. The lowest BCUT2D eigenvalue weighted by atomic mass is 10.4. The van der Waals surface area contributed by atoms with Crippen molar-refractivity contribution in [2.75, 3.05) is 0 Å². The van der Waals surface area contributed by atoms with E-state index < -0.39 is 9.84 Å². The SMILES string of the molecule is O=S(=O)(c1ccccc1)c1ccc(Br)cc1Br. The van der Waals surface area contributed by atoms with Crippen molar-refractivity contribution in [1.82, 2.24) is 0 Å². The van der Waals surface area contributed by atoms with Gasteiger partial charge in [0.1, 0.15) is 0 Å². The minimum Gasteiger partial charge on any atom is -0.218 e. The third kappa shape index (κ3) is 2.61. The van der Waals surface area contributed by atoms with Gasteiger partial charge in [-0.3, -0.25) is 0 Å². The van der Waals surface area contributed by atoms with E-state index >= 15 is 0 Å². The maximum atomic E-state index is 12.3. The Morgan fingerprint density at radius 2 is 1.53 bits per heavy atom. The molecule has 0 aliphatic heterocycles. The maximum absolute atomic E-state index is 12.3. The zero-order chi connectivity index (χ0) is 12.5. The van der Waals surface area contributed by atoms with Gasteiger partial charge in [0, 0.05) is 8.95 Å². The molecule has 0 saturated heterocycles. The summed E-state index contributed by atoms with van der Waals surface area (Å²) in [6.45, 7) is 0. The first-order chi connectivity index (χ1) is 8.01. The van der Waals surface area contributed by atoms with Crippen molar-refractivity contribution in [1.29, 1.82) is 0 Å². The molecule has 0 unspecified atom stereocenters. The molecular formula is C12H8Br2O2S. The number of rotatable bonds is 2. The van der Waals surface area contributed by atoms with Crippen LogP contribution in [0.1, 0.15) is 0 Å². The van der Waals surface area contributed by atoms with Gasteiger partial charge in [0.05, 0.1) is 9.79 Å². The molecule has 0 radical (unpaired) electrons. The van der Waals surface area contributed by atoms with Crippen molar-refractivity contribution in [2.24, 2.45) is 0 Å². The lowest BCUT2D eigenvalue weighted by molar-refractivity contribution is 0.595. The maximum Gasteiger partial charge on any atom is 0.207 e. The zero-order valence-electron chi connectivity index (χ0n) is 8.60. The topological polar surface area (TPSA) is 34.1 Å². The normalized spacial score (nSPS) is 11.4. The number of hydrogen-bond donors (Lipinski definition) is 0. The highest BCUT2D eigenvalue weighted by Gasteiger charge is 2.19. The van der Waals surface area contributed by atoms with Crippen LogP contribution in [0, 0.1) is 0 Å². The average molecular weight is 376 g/mol. The minimum atomic E-state index is -3.45. The fourth-order valence-electron chi connectivity index (χ4n) is 1.42. The number of benzene rings is 2. The molecule has 2 aromatic rings. The van der Waals surface area contributed by atoms with Crippen LogP contribution in [0.15, 0.2) is 67.3 Å². The largest absolute Gasteiger partial charge is 0.218 e. The highest BCUT2D eigenvalue weighted by molar-refractivity contribution is 9.11. The van der Waals surface area contributed by atoms with Crippen LogP contribution in [-0.2, 0) is 9.84 Å². The van der Waals surface area contributed by atoms with Gasteiger partial charge in [-0.25, -0.2) is 8.42 Å². The summed E-state index contributed by atoms with van der Waals surface area (Å²) in [6.07, 6.45) is 0. The van der Waals surface area contributed by atoms with Gasteiger partial charge in [-0.1, -0.05) is 34.1 Å². The molecule has 0 amide bonds. The van der Waals surface area contributed by atoms with Crippen LogP contribution in [-0.4, -0.2) is 8.42 Å². The summed E-state index contributed by atoms with van der Waals surface area (Å²) in [5.74, 6) is 0. The van der Waals surface area contributed by atoms with Gasteiger partial charge in [0.2, 0.25) is 9.84 Å². The molecule has 88 valence electrons. The third-order valence-electron chi connectivity index (χ3n) is 2.24. The van der Waals surface area contributed by atoms with Crippen LogP contribution in [0.2, 0.25) is 0 Å². The molecule has 0 aliphatic rings. The Morgan fingerprint density at radius 1 is 0.882 bits per heavy atom. The third-order valence-corrected chi connectivity index (χ3v) is 5.48. The minimum absolute atomic E-state index is 0.270. The van der Waals surface area contributed by atoms with E-state index in [1.807, 2.05) is 0 Å². The van der Waals surface area contributed by atoms with Crippen molar-refractivity contribution in [2.45, 2.75) is 9.79 Å². The van der Waals surface area contributed by atoms with Gasteiger partial charge < -0.3 is 0 Å². The second-order valence-electron chi connectivity index (χ2n) is 3.39. The first-order valence-electron chi connectivity index (χ1n) is 4.77. The Kier molecular flexibility index (Phi) is 3.70. The molecule has 2 rings (SSSR count). The smallest absolute Gasteiger partial charge is 0.207 e. The van der Waals surface area contributed by atoms with Gasteiger partial charge in [0.25, 0.3) is 0 Å². The second-order valence-corrected chi connectivity index (χ2v) is 7.08. The van der Waals surface area contributed by atoms with E-state index in [-0.39, 0.29) is 4.90 Å². The fraction of sp³-hybridized carbons (Fsp3) is 0.